The number of aliphatic hydroxyl groups is 1. The van der Waals surface area contributed by atoms with E-state index in [1.54, 1.807) is 0 Å². The standard InChI is InChI=1S/C22H32N6O2/c29-13-12-28-21(20-4-3-11-27(20)17-6-14-30-15-7-17)18(16-24-28)19-5-8-23-22(25-19)26-9-1-2-10-26/h5,8,16-17,20,29H,1-4,6-7,9-15H2. The quantitative estimate of drug-likeness (QED) is 0.779. The predicted octanol–water partition coefficient (Wildman–Crippen LogP) is 2.25. The molecule has 30 heavy (non-hydrogen) atoms. The van der Waals surface area contributed by atoms with Crippen LogP contribution in [0.4, 0.5) is 5.95 Å². The maximum absolute atomic E-state index is 9.65. The molecule has 5 rings (SSSR count). The number of nitrogens with zero attached hydrogens (tertiary/aromatic N) is 6. The van der Waals surface area contributed by atoms with E-state index in [1.807, 2.05) is 23.1 Å². The Morgan fingerprint density at radius 1 is 1.07 bits per heavy atom. The summed E-state index contributed by atoms with van der Waals surface area (Å²) in [6, 6.07) is 2.86. The molecule has 3 fully saturated rings. The molecule has 1 atom stereocenters. The maximum Gasteiger partial charge on any atom is 0.225 e. The fraction of sp³-hybridized carbons (Fsp3) is 0.682. The van der Waals surface area contributed by atoms with E-state index in [-0.39, 0.29) is 6.61 Å². The van der Waals surface area contributed by atoms with Crippen molar-refractivity contribution in [1.29, 1.82) is 0 Å². The molecule has 0 spiro atoms. The zero-order chi connectivity index (χ0) is 20.3. The Hall–Kier alpha value is -2.03. The van der Waals surface area contributed by atoms with Crippen molar-refractivity contribution >= 4 is 5.95 Å². The van der Waals surface area contributed by atoms with Crippen LogP contribution in [0.15, 0.2) is 18.5 Å². The minimum Gasteiger partial charge on any atom is -0.394 e. The third-order valence-electron chi connectivity index (χ3n) is 6.77. The maximum atomic E-state index is 9.65. The third kappa shape index (κ3) is 3.84. The Bertz CT molecular complexity index is 844. The molecule has 3 aliphatic heterocycles. The van der Waals surface area contributed by atoms with Crippen molar-refractivity contribution in [3.63, 3.8) is 0 Å². The third-order valence-corrected chi connectivity index (χ3v) is 6.77. The minimum absolute atomic E-state index is 0.0842. The number of ether oxygens (including phenoxy) is 1. The van der Waals surface area contributed by atoms with E-state index >= 15 is 0 Å². The van der Waals surface area contributed by atoms with Crippen LogP contribution in [0.5, 0.6) is 0 Å². The molecule has 0 saturated carbocycles. The van der Waals surface area contributed by atoms with Gasteiger partial charge in [-0.1, -0.05) is 0 Å². The lowest BCUT2D eigenvalue weighted by atomic mass is 10.0. The van der Waals surface area contributed by atoms with Crippen molar-refractivity contribution in [2.45, 2.75) is 57.2 Å². The molecular formula is C22H32N6O2. The minimum atomic E-state index is 0.0842. The second kappa shape index (κ2) is 8.99. The Labute approximate surface area is 177 Å². The van der Waals surface area contributed by atoms with E-state index in [0.29, 0.717) is 18.6 Å². The van der Waals surface area contributed by atoms with Gasteiger partial charge in [0.2, 0.25) is 5.95 Å². The molecule has 0 aliphatic carbocycles. The lowest BCUT2D eigenvalue weighted by molar-refractivity contribution is 0.0278. The summed E-state index contributed by atoms with van der Waals surface area (Å²) >= 11 is 0. The monoisotopic (exact) mass is 412 g/mol. The number of aliphatic hydroxyl groups excluding tert-OH is 1. The van der Waals surface area contributed by atoms with Gasteiger partial charge in [0.25, 0.3) is 0 Å². The highest BCUT2D eigenvalue weighted by Gasteiger charge is 2.36. The van der Waals surface area contributed by atoms with Crippen molar-refractivity contribution in [2.24, 2.45) is 0 Å². The average Bonchev–Trinajstić information content (AvgIpc) is 3.55. The fourth-order valence-corrected chi connectivity index (χ4v) is 5.32. The highest BCUT2D eigenvalue weighted by Crippen LogP contribution is 2.40. The number of hydrogen-bond acceptors (Lipinski definition) is 7. The van der Waals surface area contributed by atoms with Crippen LogP contribution in [-0.4, -0.2) is 75.3 Å². The predicted molar refractivity (Wildman–Crippen MR) is 114 cm³/mol. The summed E-state index contributed by atoms with van der Waals surface area (Å²) in [5, 5.41) is 14.3. The molecule has 0 bridgehead atoms. The second-order valence-electron chi connectivity index (χ2n) is 8.57. The Kier molecular flexibility index (Phi) is 5.97. The van der Waals surface area contributed by atoms with Gasteiger partial charge in [-0.3, -0.25) is 9.58 Å². The smallest absolute Gasteiger partial charge is 0.225 e. The van der Waals surface area contributed by atoms with Crippen molar-refractivity contribution in [1.82, 2.24) is 24.6 Å². The van der Waals surface area contributed by atoms with Crippen LogP contribution >= 0.6 is 0 Å². The van der Waals surface area contributed by atoms with Crippen LogP contribution in [-0.2, 0) is 11.3 Å². The van der Waals surface area contributed by atoms with Crippen LogP contribution in [0.2, 0.25) is 0 Å². The molecule has 2 aromatic heterocycles. The van der Waals surface area contributed by atoms with Crippen molar-refractivity contribution in [2.75, 3.05) is 44.4 Å². The lowest BCUT2D eigenvalue weighted by Gasteiger charge is -2.36. The molecule has 1 N–H and O–H groups in total. The Morgan fingerprint density at radius 2 is 1.90 bits per heavy atom. The van der Waals surface area contributed by atoms with E-state index in [0.717, 1.165) is 69.3 Å². The average molecular weight is 413 g/mol. The highest BCUT2D eigenvalue weighted by atomic mass is 16.5. The summed E-state index contributed by atoms with van der Waals surface area (Å²) in [7, 11) is 0. The summed E-state index contributed by atoms with van der Waals surface area (Å²) in [6.07, 6.45) is 10.7. The van der Waals surface area contributed by atoms with Gasteiger partial charge in [-0.05, 0) is 51.1 Å². The summed E-state index contributed by atoms with van der Waals surface area (Å²) in [5.41, 5.74) is 3.21. The highest BCUT2D eigenvalue weighted by molar-refractivity contribution is 5.63. The Balaban J connectivity index is 1.50. The van der Waals surface area contributed by atoms with Gasteiger partial charge in [0.1, 0.15) is 0 Å². The number of hydrogen-bond donors (Lipinski definition) is 1. The van der Waals surface area contributed by atoms with Crippen molar-refractivity contribution in [3.05, 3.63) is 24.2 Å². The van der Waals surface area contributed by atoms with Crippen LogP contribution in [0.1, 0.15) is 50.3 Å². The summed E-state index contributed by atoms with van der Waals surface area (Å²) < 4.78 is 7.60. The van der Waals surface area contributed by atoms with E-state index in [1.165, 1.54) is 25.0 Å². The van der Waals surface area contributed by atoms with E-state index in [2.05, 4.69) is 19.9 Å². The van der Waals surface area contributed by atoms with Crippen LogP contribution in [0.25, 0.3) is 11.3 Å². The van der Waals surface area contributed by atoms with Gasteiger partial charge < -0.3 is 14.7 Å². The van der Waals surface area contributed by atoms with E-state index < -0.39 is 0 Å². The number of aromatic nitrogens is 4. The van der Waals surface area contributed by atoms with Crippen LogP contribution < -0.4 is 4.90 Å². The molecule has 8 heteroatoms. The normalized spacial score (nSPS) is 23.5. The van der Waals surface area contributed by atoms with Gasteiger partial charge in [0, 0.05) is 44.1 Å². The zero-order valence-electron chi connectivity index (χ0n) is 17.6. The summed E-state index contributed by atoms with van der Waals surface area (Å²) in [5.74, 6) is 0.818. The second-order valence-corrected chi connectivity index (χ2v) is 8.57. The topological polar surface area (TPSA) is 79.5 Å². The summed E-state index contributed by atoms with van der Waals surface area (Å²) in [4.78, 5) is 14.4. The molecule has 0 aromatic carbocycles. The molecule has 1 unspecified atom stereocenters. The largest absolute Gasteiger partial charge is 0.394 e. The van der Waals surface area contributed by atoms with Gasteiger partial charge >= 0.3 is 0 Å². The first-order valence-corrected chi connectivity index (χ1v) is 11.4. The number of anilines is 1. The van der Waals surface area contributed by atoms with Crippen molar-refractivity contribution < 1.29 is 9.84 Å². The molecule has 3 saturated heterocycles. The molecular weight excluding hydrogens is 380 g/mol. The van der Waals surface area contributed by atoms with Gasteiger partial charge in [0.15, 0.2) is 0 Å². The van der Waals surface area contributed by atoms with Crippen molar-refractivity contribution in [3.8, 4) is 11.3 Å². The zero-order valence-corrected chi connectivity index (χ0v) is 17.6. The van der Waals surface area contributed by atoms with Gasteiger partial charge in [-0.2, -0.15) is 5.10 Å². The Morgan fingerprint density at radius 3 is 2.70 bits per heavy atom. The lowest BCUT2D eigenvalue weighted by Crippen LogP contribution is -2.39. The molecule has 0 amide bonds. The van der Waals surface area contributed by atoms with Gasteiger partial charge in [-0.25, -0.2) is 9.97 Å². The molecule has 162 valence electrons. The summed E-state index contributed by atoms with van der Waals surface area (Å²) in [6.45, 7) is 5.46. The number of rotatable bonds is 6. The SMILES string of the molecule is OCCn1ncc(-c2ccnc(N3CCCC3)n2)c1C1CCCN1C1CCOCC1. The number of likely N-dealkylation sites (tertiary alicyclic amines) is 1. The molecule has 3 aliphatic rings. The van der Waals surface area contributed by atoms with Gasteiger partial charge in [-0.15, -0.1) is 0 Å². The fourth-order valence-electron chi connectivity index (χ4n) is 5.32. The van der Waals surface area contributed by atoms with Gasteiger partial charge in [0.05, 0.1) is 36.8 Å². The van der Waals surface area contributed by atoms with E-state index in [4.69, 9.17) is 9.72 Å². The van der Waals surface area contributed by atoms with Crippen LogP contribution in [0, 0.1) is 0 Å². The molecule has 5 heterocycles. The first-order valence-electron chi connectivity index (χ1n) is 11.4. The molecule has 8 nitrogen and oxygen atoms in total. The van der Waals surface area contributed by atoms with Crippen LogP contribution in [0.3, 0.4) is 0 Å². The molecule has 0 radical (unpaired) electrons. The van der Waals surface area contributed by atoms with E-state index in [9.17, 15) is 5.11 Å². The first kappa shape index (κ1) is 19.9. The molecule has 2 aromatic rings. The first-order chi connectivity index (χ1) is 14.8.